The zero-order valence-corrected chi connectivity index (χ0v) is 11.2. The second-order valence-corrected chi connectivity index (χ2v) is 4.59. The van der Waals surface area contributed by atoms with E-state index in [1.54, 1.807) is 13.0 Å². The molecule has 0 atom stereocenters. The first-order valence-electron chi connectivity index (χ1n) is 5.65. The van der Waals surface area contributed by atoms with Gasteiger partial charge in [0.05, 0.1) is 10.6 Å². The van der Waals surface area contributed by atoms with E-state index in [2.05, 4.69) is 0 Å². The van der Waals surface area contributed by atoms with Crippen LogP contribution in [0.2, 0.25) is 5.02 Å². The van der Waals surface area contributed by atoms with Crippen molar-refractivity contribution in [2.24, 2.45) is 0 Å². The molecule has 20 heavy (non-hydrogen) atoms. The van der Waals surface area contributed by atoms with Gasteiger partial charge >= 0.3 is 5.97 Å². The Morgan fingerprint density at radius 1 is 1.35 bits per heavy atom. The summed E-state index contributed by atoms with van der Waals surface area (Å²) in [4.78, 5) is 11.1. The molecule has 3 N–H and O–H groups in total. The molecule has 6 heteroatoms. The van der Waals surface area contributed by atoms with Gasteiger partial charge in [-0.3, -0.25) is 0 Å². The molecule has 0 spiro atoms. The van der Waals surface area contributed by atoms with Crippen LogP contribution in [0.25, 0.3) is 0 Å². The molecule has 0 aliphatic heterocycles. The van der Waals surface area contributed by atoms with Crippen LogP contribution in [0.4, 0.5) is 10.1 Å². The highest BCUT2D eigenvalue weighted by Gasteiger charge is 2.13. The Morgan fingerprint density at radius 2 is 2.05 bits per heavy atom. The van der Waals surface area contributed by atoms with Crippen molar-refractivity contribution in [3.8, 4) is 11.5 Å². The lowest BCUT2D eigenvalue weighted by Crippen LogP contribution is -2.04. The minimum absolute atomic E-state index is 0.0572. The highest BCUT2D eigenvalue weighted by molar-refractivity contribution is 6.32. The van der Waals surface area contributed by atoms with E-state index in [1.807, 2.05) is 0 Å². The van der Waals surface area contributed by atoms with Crippen molar-refractivity contribution in [2.45, 2.75) is 6.92 Å². The van der Waals surface area contributed by atoms with E-state index in [9.17, 15) is 9.18 Å². The van der Waals surface area contributed by atoms with Crippen molar-refractivity contribution in [1.29, 1.82) is 0 Å². The molecule has 0 aliphatic rings. The summed E-state index contributed by atoms with van der Waals surface area (Å²) in [6.45, 7) is 1.67. The van der Waals surface area contributed by atoms with Gasteiger partial charge < -0.3 is 15.6 Å². The van der Waals surface area contributed by atoms with E-state index in [1.165, 1.54) is 18.2 Å². The number of halogens is 2. The smallest absolute Gasteiger partial charge is 0.337 e. The van der Waals surface area contributed by atoms with Crippen LogP contribution < -0.4 is 10.5 Å². The molecular formula is C14H11ClFNO3. The minimum Gasteiger partial charge on any atom is -0.478 e. The molecule has 4 nitrogen and oxygen atoms in total. The molecule has 0 aromatic heterocycles. The molecule has 0 amide bonds. The maximum absolute atomic E-state index is 12.9. The van der Waals surface area contributed by atoms with E-state index < -0.39 is 11.8 Å². The summed E-state index contributed by atoms with van der Waals surface area (Å²) in [5, 5.41) is 9.15. The Hall–Kier alpha value is -2.27. The Kier molecular flexibility index (Phi) is 3.81. The first-order valence-corrected chi connectivity index (χ1v) is 6.02. The van der Waals surface area contributed by atoms with Crippen LogP contribution in [0.3, 0.4) is 0 Å². The topological polar surface area (TPSA) is 72.5 Å². The number of anilines is 1. The number of aryl methyl sites for hydroxylation is 1. The average Bonchev–Trinajstić information content (AvgIpc) is 2.36. The quantitative estimate of drug-likeness (QED) is 0.843. The third-order valence-corrected chi connectivity index (χ3v) is 3.01. The van der Waals surface area contributed by atoms with E-state index in [-0.39, 0.29) is 27.8 Å². The van der Waals surface area contributed by atoms with Gasteiger partial charge in [0.1, 0.15) is 17.3 Å². The Bertz CT molecular complexity index is 688. The van der Waals surface area contributed by atoms with Gasteiger partial charge in [0, 0.05) is 5.69 Å². The molecule has 2 aromatic carbocycles. The van der Waals surface area contributed by atoms with Crippen molar-refractivity contribution < 1.29 is 19.0 Å². The highest BCUT2D eigenvalue weighted by Crippen LogP contribution is 2.32. The summed E-state index contributed by atoms with van der Waals surface area (Å²) in [5.41, 5.74) is 6.37. The number of benzene rings is 2. The number of aromatic carboxylic acids is 1. The van der Waals surface area contributed by atoms with E-state index in [4.69, 9.17) is 27.2 Å². The van der Waals surface area contributed by atoms with Gasteiger partial charge in [-0.2, -0.15) is 0 Å². The number of carbonyl (C=O) groups is 1. The van der Waals surface area contributed by atoms with Gasteiger partial charge in [-0.1, -0.05) is 11.6 Å². The monoisotopic (exact) mass is 295 g/mol. The SMILES string of the molecule is Cc1cc(Oc2ccc(F)cc2Cl)cc(C(=O)O)c1N. The summed E-state index contributed by atoms with van der Waals surface area (Å²) in [5.74, 6) is -1.14. The first-order chi connectivity index (χ1) is 9.38. The Labute approximate surface area is 119 Å². The molecule has 2 aromatic rings. The number of rotatable bonds is 3. The first kappa shape index (κ1) is 14.1. The standard InChI is InChI=1S/C14H11ClFNO3/c1-7-4-9(6-10(13(7)17)14(18)19)20-12-3-2-8(16)5-11(12)15/h2-6H,17H2,1H3,(H,18,19). The van der Waals surface area contributed by atoms with Crippen molar-refractivity contribution in [1.82, 2.24) is 0 Å². The number of carboxylic acids is 1. The Balaban J connectivity index is 2.41. The van der Waals surface area contributed by atoms with Crippen LogP contribution in [-0.4, -0.2) is 11.1 Å². The number of hydrogen-bond donors (Lipinski definition) is 2. The van der Waals surface area contributed by atoms with E-state index >= 15 is 0 Å². The predicted octanol–water partition coefficient (Wildman–Crippen LogP) is 3.86. The molecule has 2 rings (SSSR count). The van der Waals surface area contributed by atoms with Gasteiger partial charge in [-0.15, -0.1) is 0 Å². The van der Waals surface area contributed by atoms with Crippen LogP contribution in [0.5, 0.6) is 11.5 Å². The fourth-order valence-corrected chi connectivity index (χ4v) is 1.89. The second-order valence-electron chi connectivity index (χ2n) is 4.18. The van der Waals surface area contributed by atoms with E-state index in [0.717, 1.165) is 6.07 Å². The minimum atomic E-state index is -1.15. The summed E-state index contributed by atoms with van der Waals surface area (Å²) in [7, 11) is 0. The van der Waals surface area contributed by atoms with Crippen molar-refractivity contribution in [2.75, 3.05) is 5.73 Å². The lowest BCUT2D eigenvalue weighted by molar-refractivity contribution is 0.0697. The number of carboxylic acid groups (broad SMARTS) is 1. The second kappa shape index (κ2) is 5.38. The van der Waals surface area contributed by atoms with Gasteiger partial charge in [-0.05, 0) is 42.8 Å². The molecule has 0 heterocycles. The maximum Gasteiger partial charge on any atom is 0.337 e. The number of hydrogen-bond acceptors (Lipinski definition) is 3. The molecule has 0 saturated carbocycles. The zero-order chi connectivity index (χ0) is 14.9. The van der Waals surface area contributed by atoms with Gasteiger partial charge in [-0.25, -0.2) is 9.18 Å². The third kappa shape index (κ3) is 2.83. The third-order valence-electron chi connectivity index (χ3n) is 2.71. The maximum atomic E-state index is 12.9. The van der Waals surface area contributed by atoms with Gasteiger partial charge in [0.25, 0.3) is 0 Å². The van der Waals surface area contributed by atoms with Gasteiger partial charge in [0.2, 0.25) is 0 Å². The number of nitrogen functional groups attached to an aromatic ring is 1. The van der Waals surface area contributed by atoms with E-state index in [0.29, 0.717) is 5.56 Å². The summed E-state index contributed by atoms with van der Waals surface area (Å²) >= 11 is 5.85. The predicted molar refractivity (Wildman–Crippen MR) is 74.0 cm³/mol. The fraction of sp³-hybridized carbons (Fsp3) is 0.0714. The fourth-order valence-electron chi connectivity index (χ4n) is 1.69. The molecule has 104 valence electrons. The van der Waals surface area contributed by atoms with Crippen molar-refractivity contribution in [3.63, 3.8) is 0 Å². The normalized spacial score (nSPS) is 10.3. The van der Waals surface area contributed by atoms with Crippen molar-refractivity contribution in [3.05, 3.63) is 52.3 Å². The highest BCUT2D eigenvalue weighted by atomic mass is 35.5. The van der Waals surface area contributed by atoms with Gasteiger partial charge in [0.15, 0.2) is 0 Å². The molecular weight excluding hydrogens is 285 g/mol. The van der Waals surface area contributed by atoms with Crippen LogP contribution in [0.15, 0.2) is 30.3 Å². The molecule has 0 saturated heterocycles. The molecule has 0 unspecified atom stereocenters. The number of ether oxygens (including phenoxy) is 1. The molecule has 0 bridgehead atoms. The van der Waals surface area contributed by atoms with Crippen LogP contribution in [-0.2, 0) is 0 Å². The average molecular weight is 296 g/mol. The van der Waals surface area contributed by atoms with Crippen LogP contribution in [0, 0.1) is 12.7 Å². The Morgan fingerprint density at radius 3 is 2.65 bits per heavy atom. The zero-order valence-electron chi connectivity index (χ0n) is 10.5. The molecule has 0 aliphatic carbocycles. The summed E-state index contributed by atoms with van der Waals surface area (Å²) in [6.07, 6.45) is 0. The van der Waals surface area contributed by atoms with Crippen molar-refractivity contribution >= 4 is 23.3 Å². The van der Waals surface area contributed by atoms with Crippen LogP contribution >= 0.6 is 11.6 Å². The lowest BCUT2D eigenvalue weighted by Gasteiger charge is -2.11. The molecule has 0 fully saturated rings. The number of nitrogens with two attached hydrogens (primary N) is 1. The van der Waals surface area contributed by atoms with Crippen LogP contribution in [0.1, 0.15) is 15.9 Å². The summed E-state index contributed by atoms with van der Waals surface area (Å²) in [6, 6.07) is 6.55. The summed E-state index contributed by atoms with van der Waals surface area (Å²) < 4.78 is 18.4. The molecule has 0 radical (unpaired) electrons. The lowest BCUT2D eigenvalue weighted by atomic mass is 10.1. The largest absolute Gasteiger partial charge is 0.478 e.